The lowest BCUT2D eigenvalue weighted by molar-refractivity contribution is 0.0941. The molecular formula is C28H27N3O4. The van der Waals surface area contributed by atoms with E-state index in [2.05, 4.69) is 47.8 Å². The Hall–Kier alpha value is -4.39. The van der Waals surface area contributed by atoms with Gasteiger partial charge in [0.25, 0.3) is 5.91 Å². The fraction of sp³-hybridized carbons (Fsp3) is 0.179. The molecule has 0 aliphatic carbocycles. The molecule has 0 atom stereocenters. The largest absolute Gasteiger partial charge is 0.504 e. The molecule has 0 bridgehead atoms. The molecule has 1 heterocycles. The summed E-state index contributed by atoms with van der Waals surface area (Å²) in [7, 11) is 0. The second kappa shape index (κ2) is 10.3. The monoisotopic (exact) mass is 469 g/mol. The fourth-order valence-electron chi connectivity index (χ4n) is 3.64. The van der Waals surface area contributed by atoms with Gasteiger partial charge in [0.1, 0.15) is 12.4 Å². The number of benzene rings is 3. The lowest BCUT2D eigenvalue weighted by Crippen LogP contribution is -2.25. The number of phenols is 2. The van der Waals surface area contributed by atoms with Crippen molar-refractivity contribution >= 4 is 16.8 Å². The van der Waals surface area contributed by atoms with Crippen LogP contribution < -0.4 is 10.1 Å². The van der Waals surface area contributed by atoms with Crippen molar-refractivity contribution in [3.63, 3.8) is 0 Å². The number of nitrogens with zero attached hydrogens (tertiary/aromatic N) is 2. The summed E-state index contributed by atoms with van der Waals surface area (Å²) >= 11 is 0. The molecule has 35 heavy (non-hydrogen) atoms. The molecule has 0 fully saturated rings. The van der Waals surface area contributed by atoms with Crippen LogP contribution in [0, 0.1) is 0 Å². The molecule has 0 saturated heterocycles. The van der Waals surface area contributed by atoms with Crippen molar-refractivity contribution in [1.82, 2.24) is 15.3 Å². The van der Waals surface area contributed by atoms with Crippen LogP contribution in [0.15, 0.2) is 73.3 Å². The van der Waals surface area contributed by atoms with E-state index >= 15 is 0 Å². The highest BCUT2D eigenvalue weighted by Crippen LogP contribution is 2.30. The number of phenolic OH excluding ortho intramolecular Hbond substituents is 2. The Bertz CT molecular complexity index is 1380. The molecule has 0 unspecified atom stereocenters. The number of aromatic hydroxyl groups is 2. The van der Waals surface area contributed by atoms with Gasteiger partial charge in [-0.3, -0.25) is 4.79 Å². The standard InChI is InChI=1S/C28H27N3O4/c1-4-13-35-21-10-11-23-22(15-21)26(20-8-6-19(7-9-20)17(2)3)31-27(30-23)28(34)29-16-18-5-12-24(32)25(33)14-18/h4-12,14-15,17,32-33H,1,13,16H2,2-3H3,(H,29,34). The summed E-state index contributed by atoms with van der Waals surface area (Å²) < 4.78 is 5.70. The van der Waals surface area contributed by atoms with Crippen molar-refractivity contribution in [3.8, 4) is 28.5 Å². The average molecular weight is 470 g/mol. The molecule has 0 saturated carbocycles. The summed E-state index contributed by atoms with van der Waals surface area (Å²) in [5, 5.41) is 22.7. The minimum atomic E-state index is -0.452. The van der Waals surface area contributed by atoms with Gasteiger partial charge in [-0.25, -0.2) is 9.97 Å². The highest BCUT2D eigenvalue weighted by molar-refractivity contribution is 5.98. The number of hydrogen-bond donors (Lipinski definition) is 3. The third-order valence-corrected chi connectivity index (χ3v) is 5.58. The number of ether oxygens (including phenoxy) is 1. The molecule has 0 aliphatic rings. The van der Waals surface area contributed by atoms with Gasteiger partial charge in [0.15, 0.2) is 11.5 Å². The molecule has 4 aromatic rings. The van der Waals surface area contributed by atoms with Crippen LogP contribution in [0.5, 0.6) is 17.2 Å². The SMILES string of the molecule is C=CCOc1ccc2nc(C(=O)NCc3ccc(O)c(O)c3)nc(-c3ccc(C(C)C)cc3)c2c1. The lowest BCUT2D eigenvalue weighted by Gasteiger charge is -2.12. The van der Waals surface area contributed by atoms with Crippen LogP contribution in [0.4, 0.5) is 0 Å². The first kappa shape index (κ1) is 23.8. The van der Waals surface area contributed by atoms with Gasteiger partial charge in [0.05, 0.1) is 11.2 Å². The maximum atomic E-state index is 13.0. The fourth-order valence-corrected chi connectivity index (χ4v) is 3.64. The maximum absolute atomic E-state index is 13.0. The molecule has 7 heteroatoms. The number of aromatic nitrogens is 2. The van der Waals surface area contributed by atoms with E-state index in [1.54, 1.807) is 24.3 Å². The molecular weight excluding hydrogens is 442 g/mol. The van der Waals surface area contributed by atoms with Gasteiger partial charge in [-0.05, 0) is 47.4 Å². The van der Waals surface area contributed by atoms with E-state index in [1.165, 1.54) is 17.7 Å². The van der Waals surface area contributed by atoms with Crippen molar-refractivity contribution in [2.75, 3.05) is 6.61 Å². The van der Waals surface area contributed by atoms with Gasteiger partial charge < -0.3 is 20.3 Å². The van der Waals surface area contributed by atoms with Crippen molar-refractivity contribution in [1.29, 1.82) is 0 Å². The Kier molecular flexibility index (Phi) is 6.96. The first-order valence-corrected chi connectivity index (χ1v) is 11.3. The Morgan fingerprint density at radius 2 is 1.80 bits per heavy atom. The van der Waals surface area contributed by atoms with Crippen LogP contribution in [-0.4, -0.2) is 32.7 Å². The summed E-state index contributed by atoms with van der Waals surface area (Å²) in [6.07, 6.45) is 1.67. The summed E-state index contributed by atoms with van der Waals surface area (Å²) in [6.45, 7) is 8.46. The number of amides is 1. The molecule has 0 radical (unpaired) electrons. The Morgan fingerprint density at radius 3 is 2.49 bits per heavy atom. The summed E-state index contributed by atoms with van der Waals surface area (Å²) in [5.74, 6) is 0.161. The smallest absolute Gasteiger partial charge is 0.289 e. The Balaban J connectivity index is 1.71. The van der Waals surface area contributed by atoms with Crippen LogP contribution >= 0.6 is 0 Å². The molecule has 7 nitrogen and oxygen atoms in total. The zero-order valence-corrected chi connectivity index (χ0v) is 19.7. The highest BCUT2D eigenvalue weighted by Gasteiger charge is 2.16. The summed E-state index contributed by atoms with van der Waals surface area (Å²) in [6, 6.07) is 17.9. The molecule has 178 valence electrons. The number of rotatable bonds is 8. The van der Waals surface area contributed by atoms with E-state index in [0.717, 1.165) is 10.9 Å². The van der Waals surface area contributed by atoms with Crippen LogP contribution in [-0.2, 0) is 6.54 Å². The zero-order chi connectivity index (χ0) is 24.9. The predicted octanol–water partition coefficient (Wildman–Crippen LogP) is 5.33. The topological polar surface area (TPSA) is 105 Å². The number of carbonyl (C=O) groups excluding carboxylic acids is 1. The van der Waals surface area contributed by atoms with E-state index in [1.807, 2.05) is 18.2 Å². The molecule has 0 aliphatic heterocycles. The van der Waals surface area contributed by atoms with Crippen molar-refractivity contribution < 1.29 is 19.7 Å². The second-order valence-electron chi connectivity index (χ2n) is 8.46. The summed E-state index contributed by atoms with van der Waals surface area (Å²) in [4.78, 5) is 22.1. The van der Waals surface area contributed by atoms with Gasteiger partial charge in [-0.1, -0.05) is 56.8 Å². The first-order valence-electron chi connectivity index (χ1n) is 11.3. The first-order chi connectivity index (χ1) is 16.9. The Labute approximate surface area is 203 Å². The molecule has 3 aromatic carbocycles. The highest BCUT2D eigenvalue weighted by atomic mass is 16.5. The maximum Gasteiger partial charge on any atom is 0.289 e. The van der Waals surface area contributed by atoms with Crippen molar-refractivity contribution in [2.24, 2.45) is 0 Å². The van der Waals surface area contributed by atoms with Gasteiger partial charge >= 0.3 is 0 Å². The van der Waals surface area contributed by atoms with Crippen molar-refractivity contribution in [3.05, 3.63) is 90.3 Å². The average Bonchev–Trinajstić information content (AvgIpc) is 2.87. The second-order valence-corrected chi connectivity index (χ2v) is 8.46. The van der Waals surface area contributed by atoms with E-state index in [0.29, 0.717) is 35.0 Å². The van der Waals surface area contributed by atoms with Crippen LogP contribution in [0.1, 0.15) is 41.5 Å². The van der Waals surface area contributed by atoms with Crippen LogP contribution in [0.3, 0.4) is 0 Å². The summed E-state index contributed by atoms with van der Waals surface area (Å²) in [5.41, 5.74) is 3.93. The quantitative estimate of drug-likeness (QED) is 0.238. The van der Waals surface area contributed by atoms with Gasteiger partial charge in [-0.15, -0.1) is 0 Å². The van der Waals surface area contributed by atoms with Crippen molar-refractivity contribution in [2.45, 2.75) is 26.3 Å². The third kappa shape index (κ3) is 5.41. The number of hydrogen-bond acceptors (Lipinski definition) is 6. The van der Waals surface area contributed by atoms with E-state index in [9.17, 15) is 15.0 Å². The molecule has 1 aromatic heterocycles. The normalized spacial score (nSPS) is 10.9. The Morgan fingerprint density at radius 1 is 1.03 bits per heavy atom. The predicted molar refractivity (Wildman–Crippen MR) is 136 cm³/mol. The van der Waals surface area contributed by atoms with Gasteiger partial charge in [-0.2, -0.15) is 0 Å². The lowest BCUT2D eigenvalue weighted by atomic mass is 9.99. The molecule has 0 spiro atoms. The van der Waals surface area contributed by atoms with Gasteiger partial charge in [0, 0.05) is 17.5 Å². The molecule has 3 N–H and O–H groups in total. The number of nitrogens with one attached hydrogen (secondary N) is 1. The zero-order valence-electron chi connectivity index (χ0n) is 19.7. The van der Waals surface area contributed by atoms with E-state index in [-0.39, 0.29) is 23.9 Å². The van der Waals surface area contributed by atoms with E-state index in [4.69, 9.17) is 4.74 Å². The minimum absolute atomic E-state index is 0.0307. The van der Waals surface area contributed by atoms with Crippen LogP contribution in [0.25, 0.3) is 22.2 Å². The minimum Gasteiger partial charge on any atom is -0.504 e. The third-order valence-electron chi connectivity index (χ3n) is 5.58. The van der Waals surface area contributed by atoms with E-state index < -0.39 is 5.91 Å². The number of fused-ring (bicyclic) bond motifs is 1. The van der Waals surface area contributed by atoms with Gasteiger partial charge in [0.2, 0.25) is 5.82 Å². The van der Waals surface area contributed by atoms with Crippen LogP contribution in [0.2, 0.25) is 0 Å². The number of carbonyl (C=O) groups is 1. The molecule has 1 amide bonds. The molecule has 4 rings (SSSR count).